The molecule has 3 aromatic heterocycles. The van der Waals surface area contributed by atoms with Crippen LogP contribution in [0.5, 0.6) is 5.75 Å². The van der Waals surface area contributed by atoms with Crippen LogP contribution in [0.1, 0.15) is 11.3 Å². The van der Waals surface area contributed by atoms with Gasteiger partial charge in [-0.05, 0) is 36.4 Å². The average molecular weight is 327 g/mol. The number of hydrogen-bond acceptors (Lipinski definition) is 5. The molecule has 0 bridgehead atoms. The Bertz CT molecular complexity index is 1090. The molecule has 0 radical (unpaired) electrons. The summed E-state index contributed by atoms with van der Waals surface area (Å²) in [4.78, 5) is 13.2. The molecule has 0 saturated heterocycles. The Hall–Kier alpha value is -3.72. The zero-order valence-corrected chi connectivity index (χ0v) is 13.2. The van der Waals surface area contributed by atoms with E-state index < -0.39 is 0 Å². The molecule has 1 aromatic carbocycles. The Morgan fingerprint density at radius 1 is 1.04 bits per heavy atom. The molecule has 0 fully saturated rings. The number of nitriles is 1. The number of fused-ring (bicyclic) bond motifs is 1. The molecule has 1 N–H and O–H groups in total. The van der Waals surface area contributed by atoms with Crippen LogP contribution in [0.2, 0.25) is 0 Å². The second-order valence-electron chi connectivity index (χ2n) is 5.57. The molecule has 120 valence electrons. The van der Waals surface area contributed by atoms with Gasteiger partial charge in [-0.25, -0.2) is 9.97 Å². The second kappa shape index (κ2) is 6.06. The number of para-hydroxylation sites is 2. The van der Waals surface area contributed by atoms with Gasteiger partial charge in [0, 0.05) is 0 Å². The number of hydrogen-bond donors (Lipinski definition) is 1. The normalized spacial score (nSPS) is 10.7. The molecule has 0 aliphatic heterocycles. The number of pyridine rings is 2. The van der Waals surface area contributed by atoms with Gasteiger partial charge in [0.25, 0.3) is 0 Å². The summed E-state index contributed by atoms with van der Waals surface area (Å²) in [5, 5.41) is 18.7. The van der Waals surface area contributed by atoms with E-state index in [4.69, 9.17) is 0 Å². The van der Waals surface area contributed by atoms with E-state index in [1.54, 1.807) is 18.5 Å². The number of nitrogens with zero attached hydrogens (tertiary/aromatic N) is 5. The number of aromatic hydroxyl groups is 1. The lowest BCUT2D eigenvalue weighted by molar-refractivity contribution is 0.473. The minimum Gasteiger partial charge on any atom is -0.506 e. The van der Waals surface area contributed by atoms with E-state index in [0.717, 1.165) is 16.7 Å². The van der Waals surface area contributed by atoms with Crippen LogP contribution in [0, 0.1) is 11.3 Å². The first kappa shape index (κ1) is 14.8. The summed E-state index contributed by atoms with van der Waals surface area (Å²) in [5.41, 5.74) is 4.25. The summed E-state index contributed by atoms with van der Waals surface area (Å²) in [5.74, 6) is 0.0725. The molecule has 0 unspecified atom stereocenters. The minimum atomic E-state index is 0.0725. The predicted octanol–water partition coefficient (Wildman–Crippen LogP) is 3.12. The summed E-state index contributed by atoms with van der Waals surface area (Å²) >= 11 is 0. The van der Waals surface area contributed by atoms with E-state index in [1.807, 2.05) is 34.9 Å². The third-order valence-electron chi connectivity index (χ3n) is 3.92. The highest BCUT2D eigenvalue weighted by Crippen LogP contribution is 2.22. The molecule has 4 aromatic rings. The molecular weight excluding hydrogens is 314 g/mol. The lowest BCUT2D eigenvalue weighted by Gasteiger charge is -2.08. The van der Waals surface area contributed by atoms with E-state index in [9.17, 15) is 10.4 Å². The molecule has 0 aliphatic rings. The number of rotatable bonds is 3. The number of aromatic nitrogens is 4. The van der Waals surface area contributed by atoms with Crippen molar-refractivity contribution in [1.29, 1.82) is 5.26 Å². The first-order valence-electron chi connectivity index (χ1n) is 7.70. The van der Waals surface area contributed by atoms with Gasteiger partial charge >= 0.3 is 0 Å². The third kappa shape index (κ3) is 2.79. The fourth-order valence-corrected chi connectivity index (χ4v) is 2.71. The molecule has 3 heterocycles. The highest BCUT2D eigenvalue weighted by Gasteiger charge is 2.11. The molecule has 0 aliphatic carbocycles. The van der Waals surface area contributed by atoms with Gasteiger partial charge in [-0.1, -0.05) is 12.1 Å². The zero-order valence-electron chi connectivity index (χ0n) is 13.2. The first-order chi connectivity index (χ1) is 12.2. The molecule has 6 heteroatoms. The number of imidazole rings is 1. The van der Waals surface area contributed by atoms with Gasteiger partial charge < -0.3 is 9.67 Å². The molecular formula is C19H13N5O. The van der Waals surface area contributed by atoms with E-state index in [1.165, 1.54) is 12.3 Å². The molecule has 6 nitrogen and oxygen atoms in total. The van der Waals surface area contributed by atoms with Crippen LogP contribution in [0.15, 0.2) is 61.1 Å². The van der Waals surface area contributed by atoms with Crippen LogP contribution in [-0.2, 0) is 6.54 Å². The lowest BCUT2D eigenvalue weighted by atomic mass is 10.1. The highest BCUT2D eigenvalue weighted by molar-refractivity contribution is 5.75. The van der Waals surface area contributed by atoms with Gasteiger partial charge in [-0.2, -0.15) is 5.26 Å². The quantitative estimate of drug-likeness (QED) is 0.624. The smallest absolute Gasteiger partial charge is 0.133 e. The van der Waals surface area contributed by atoms with Crippen molar-refractivity contribution in [3.05, 3.63) is 72.3 Å². The van der Waals surface area contributed by atoms with Gasteiger partial charge in [0.1, 0.15) is 17.5 Å². The molecule has 25 heavy (non-hydrogen) atoms. The minimum absolute atomic E-state index is 0.0725. The van der Waals surface area contributed by atoms with Crippen LogP contribution < -0.4 is 0 Å². The molecule has 0 amide bonds. The van der Waals surface area contributed by atoms with E-state index >= 15 is 0 Å². The zero-order chi connectivity index (χ0) is 17.2. The summed E-state index contributed by atoms with van der Waals surface area (Å²) in [6.45, 7) is 0.539. The Labute approximate surface area is 143 Å². The van der Waals surface area contributed by atoms with Crippen LogP contribution >= 0.6 is 0 Å². The van der Waals surface area contributed by atoms with E-state index in [2.05, 4.69) is 21.0 Å². The van der Waals surface area contributed by atoms with Crippen LogP contribution in [0.3, 0.4) is 0 Å². The molecule has 4 rings (SSSR count). The van der Waals surface area contributed by atoms with Gasteiger partial charge in [0.15, 0.2) is 0 Å². The maximum atomic E-state index is 9.40. The fraction of sp³-hybridized carbons (Fsp3) is 0.0526. The maximum absolute atomic E-state index is 9.40. The molecule has 0 spiro atoms. The lowest BCUT2D eigenvalue weighted by Crippen LogP contribution is -2.03. The first-order valence-corrected chi connectivity index (χ1v) is 7.70. The summed E-state index contributed by atoms with van der Waals surface area (Å²) in [7, 11) is 0. The van der Waals surface area contributed by atoms with Crippen molar-refractivity contribution >= 4 is 11.0 Å². The summed E-state index contributed by atoms with van der Waals surface area (Å²) < 4.78 is 2.01. The summed E-state index contributed by atoms with van der Waals surface area (Å²) in [6, 6.07) is 16.8. The Kier molecular flexibility index (Phi) is 3.60. The van der Waals surface area contributed by atoms with Crippen molar-refractivity contribution in [2.45, 2.75) is 6.54 Å². The van der Waals surface area contributed by atoms with Gasteiger partial charge in [-0.3, -0.25) is 4.98 Å². The second-order valence-corrected chi connectivity index (χ2v) is 5.57. The van der Waals surface area contributed by atoms with Crippen molar-refractivity contribution in [2.75, 3.05) is 0 Å². The third-order valence-corrected chi connectivity index (χ3v) is 3.92. The Balaban J connectivity index is 1.75. The predicted molar refractivity (Wildman–Crippen MR) is 92.7 cm³/mol. The van der Waals surface area contributed by atoms with Gasteiger partial charge in [-0.15, -0.1) is 0 Å². The van der Waals surface area contributed by atoms with Crippen LogP contribution in [0.25, 0.3) is 22.4 Å². The van der Waals surface area contributed by atoms with Crippen LogP contribution in [0.4, 0.5) is 0 Å². The van der Waals surface area contributed by atoms with Gasteiger partial charge in [0.2, 0.25) is 0 Å². The van der Waals surface area contributed by atoms with Crippen molar-refractivity contribution in [3.63, 3.8) is 0 Å². The van der Waals surface area contributed by atoms with Crippen molar-refractivity contribution < 1.29 is 5.11 Å². The average Bonchev–Trinajstić information content (AvgIpc) is 3.05. The van der Waals surface area contributed by atoms with E-state index in [0.29, 0.717) is 23.5 Å². The number of benzene rings is 1. The van der Waals surface area contributed by atoms with Crippen molar-refractivity contribution in [1.82, 2.24) is 19.5 Å². The monoisotopic (exact) mass is 327 g/mol. The van der Waals surface area contributed by atoms with Gasteiger partial charge in [0.05, 0.1) is 47.1 Å². The Morgan fingerprint density at radius 3 is 2.72 bits per heavy atom. The topological polar surface area (TPSA) is 87.6 Å². The summed E-state index contributed by atoms with van der Waals surface area (Å²) in [6.07, 6.45) is 3.12. The van der Waals surface area contributed by atoms with E-state index in [-0.39, 0.29) is 5.75 Å². The SMILES string of the molecule is N#Cc1ccc(Cn2cnc3ccccc32)nc1-c1ccc(O)cn1. The molecule has 0 atom stereocenters. The maximum Gasteiger partial charge on any atom is 0.133 e. The van der Waals surface area contributed by atoms with Crippen molar-refractivity contribution in [3.8, 4) is 23.2 Å². The van der Waals surface area contributed by atoms with Crippen molar-refractivity contribution in [2.24, 2.45) is 0 Å². The Morgan fingerprint density at radius 2 is 1.92 bits per heavy atom. The highest BCUT2D eigenvalue weighted by atomic mass is 16.3. The largest absolute Gasteiger partial charge is 0.506 e. The molecule has 0 saturated carbocycles. The standard InChI is InChI=1S/C19H13N5O/c20-9-13-5-6-14(23-19(13)17-8-7-15(25)10-21-17)11-24-12-22-16-3-1-2-4-18(16)24/h1-8,10,12,25H,11H2. The fourth-order valence-electron chi connectivity index (χ4n) is 2.71. The van der Waals surface area contributed by atoms with Crippen LogP contribution in [-0.4, -0.2) is 24.6 Å².